The van der Waals surface area contributed by atoms with Crippen molar-refractivity contribution in [2.75, 3.05) is 0 Å². The molecule has 0 saturated heterocycles. The smallest absolute Gasteiger partial charge is 0.103 e. The lowest BCUT2D eigenvalue weighted by molar-refractivity contribution is 1.13. The van der Waals surface area contributed by atoms with Gasteiger partial charge in [-0.25, -0.2) is 9.97 Å². The largest absolute Gasteiger partial charge is 0.250 e. The Morgan fingerprint density at radius 3 is 2.92 bits per heavy atom. The quantitative estimate of drug-likeness (QED) is 0.725. The number of thiazole rings is 1. The molecule has 0 aliphatic heterocycles. The molecule has 2 heterocycles. The first-order valence-electron chi connectivity index (χ1n) is 3.87. The fourth-order valence-corrected chi connectivity index (χ4v) is 2.40. The molecule has 2 aromatic rings. The van der Waals surface area contributed by atoms with Crippen molar-refractivity contribution in [2.24, 2.45) is 0 Å². The number of pyridine rings is 1. The van der Waals surface area contributed by atoms with E-state index in [1.54, 1.807) is 23.1 Å². The van der Waals surface area contributed by atoms with E-state index in [-0.39, 0.29) is 0 Å². The maximum atomic E-state index is 4.22. The number of thioether (sulfide) groups is 1. The summed E-state index contributed by atoms with van der Waals surface area (Å²) in [4.78, 5) is 8.42. The zero-order valence-corrected chi connectivity index (χ0v) is 8.52. The van der Waals surface area contributed by atoms with Crippen LogP contribution in [0.1, 0.15) is 5.01 Å². The zero-order valence-electron chi connectivity index (χ0n) is 6.88. The second-order valence-corrected chi connectivity index (χ2v) is 4.36. The molecule has 66 valence electrons. The van der Waals surface area contributed by atoms with Gasteiger partial charge in [-0.05, 0) is 12.1 Å². The molecule has 0 aromatic carbocycles. The van der Waals surface area contributed by atoms with E-state index >= 15 is 0 Å². The fraction of sp³-hybridized carbons (Fsp3) is 0.111. The van der Waals surface area contributed by atoms with Gasteiger partial charge >= 0.3 is 0 Å². The van der Waals surface area contributed by atoms with Crippen LogP contribution in [0, 0.1) is 0 Å². The van der Waals surface area contributed by atoms with Crippen LogP contribution in [0.25, 0.3) is 0 Å². The molecule has 0 amide bonds. The van der Waals surface area contributed by atoms with Crippen LogP contribution in [0.15, 0.2) is 41.0 Å². The predicted molar refractivity (Wildman–Crippen MR) is 55.9 cm³/mol. The highest BCUT2D eigenvalue weighted by atomic mass is 32.2. The molecule has 2 rings (SSSR count). The van der Waals surface area contributed by atoms with Gasteiger partial charge in [-0.15, -0.1) is 11.3 Å². The van der Waals surface area contributed by atoms with Gasteiger partial charge in [0.05, 0.1) is 10.8 Å². The van der Waals surface area contributed by atoms with Gasteiger partial charge in [0.2, 0.25) is 0 Å². The van der Waals surface area contributed by atoms with Gasteiger partial charge in [-0.2, -0.15) is 0 Å². The lowest BCUT2D eigenvalue weighted by atomic mass is 10.5. The van der Waals surface area contributed by atoms with Crippen molar-refractivity contribution < 1.29 is 0 Å². The number of hydrogen-bond donors (Lipinski definition) is 0. The minimum Gasteiger partial charge on any atom is -0.250 e. The highest BCUT2D eigenvalue weighted by molar-refractivity contribution is 7.98. The molecule has 0 aliphatic carbocycles. The third-order valence-electron chi connectivity index (χ3n) is 1.46. The van der Waals surface area contributed by atoms with Crippen LogP contribution >= 0.6 is 23.1 Å². The molecule has 0 atom stereocenters. The molecule has 13 heavy (non-hydrogen) atoms. The van der Waals surface area contributed by atoms with Crippen LogP contribution in [0.5, 0.6) is 0 Å². The number of nitrogens with zero attached hydrogens (tertiary/aromatic N) is 2. The van der Waals surface area contributed by atoms with E-state index in [2.05, 4.69) is 9.97 Å². The van der Waals surface area contributed by atoms with Crippen molar-refractivity contribution in [2.45, 2.75) is 10.8 Å². The highest BCUT2D eigenvalue weighted by Crippen LogP contribution is 2.20. The first-order valence-corrected chi connectivity index (χ1v) is 5.74. The van der Waals surface area contributed by atoms with E-state index in [1.165, 1.54) is 0 Å². The molecule has 0 fully saturated rings. The predicted octanol–water partition coefficient (Wildman–Crippen LogP) is 2.83. The summed E-state index contributed by atoms with van der Waals surface area (Å²) < 4.78 is 0. The lowest BCUT2D eigenvalue weighted by Crippen LogP contribution is -1.80. The maximum absolute atomic E-state index is 4.22. The summed E-state index contributed by atoms with van der Waals surface area (Å²) in [5.41, 5.74) is 0. The first kappa shape index (κ1) is 8.72. The molecule has 0 N–H and O–H groups in total. The molecule has 0 saturated carbocycles. The van der Waals surface area contributed by atoms with Gasteiger partial charge in [-0.1, -0.05) is 17.8 Å². The van der Waals surface area contributed by atoms with Crippen molar-refractivity contribution in [1.82, 2.24) is 9.97 Å². The summed E-state index contributed by atoms with van der Waals surface area (Å²) in [5, 5.41) is 4.20. The Bertz CT molecular complexity index is 345. The van der Waals surface area contributed by atoms with Crippen molar-refractivity contribution >= 4 is 23.1 Å². The number of aromatic nitrogens is 2. The highest BCUT2D eigenvalue weighted by Gasteiger charge is 1.97. The Labute approximate surface area is 85.1 Å². The lowest BCUT2D eigenvalue weighted by Gasteiger charge is -1.95. The van der Waals surface area contributed by atoms with Crippen molar-refractivity contribution in [3.63, 3.8) is 0 Å². The van der Waals surface area contributed by atoms with Gasteiger partial charge in [0.25, 0.3) is 0 Å². The van der Waals surface area contributed by atoms with Crippen LogP contribution in [-0.4, -0.2) is 9.97 Å². The fourth-order valence-electron chi connectivity index (χ4n) is 0.892. The topological polar surface area (TPSA) is 25.8 Å². The second kappa shape index (κ2) is 4.39. The maximum Gasteiger partial charge on any atom is 0.103 e. The molecule has 0 unspecified atom stereocenters. The Morgan fingerprint density at radius 2 is 2.23 bits per heavy atom. The molecular weight excluding hydrogens is 200 g/mol. The second-order valence-electron chi connectivity index (χ2n) is 2.38. The monoisotopic (exact) mass is 208 g/mol. The van der Waals surface area contributed by atoms with Crippen LogP contribution in [0.2, 0.25) is 0 Å². The Balaban J connectivity index is 1.94. The molecule has 0 radical (unpaired) electrons. The van der Waals surface area contributed by atoms with E-state index < -0.39 is 0 Å². The van der Waals surface area contributed by atoms with E-state index in [1.807, 2.05) is 36.0 Å². The Morgan fingerprint density at radius 1 is 1.23 bits per heavy atom. The summed E-state index contributed by atoms with van der Waals surface area (Å²) in [6.45, 7) is 0. The third-order valence-corrected chi connectivity index (χ3v) is 3.38. The van der Waals surface area contributed by atoms with Gasteiger partial charge in [0.1, 0.15) is 5.01 Å². The Hall–Kier alpha value is -0.870. The first-order chi connectivity index (χ1) is 6.45. The molecule has 2 aromatic heterocycles. The molecule has 0 bridgehead atoms. The standard InChI is InChI=1S/C9H8N2S2/c1-2-4-10-8(3-1)13-7-9-11-5-6-12-9/h1-6H,7H2. The normalized spacial score (nSPS) is 10.2. The van der Waals surface area contributed by atoms with Gasteiger partial charge in [-0.3, -0.25) is 0 Å². The molecule has 0 spiro atoms. The van der Waals surface area contributed by atoms with Crippen LogP contribution in [0.3, 0.4) is 0 Å². The summed E-state index contributed by atoms with van der Waals surface area (Å²) in [6, 6.07) is 5.93. The Kier molecular flexibility index (Phi) is 2.94. The molecule has 0 aliphatic rings. The molecule has 2 nitrogen and oxygen atoms in total. The zero-order chi connectivity index (χ0) is 8.93. The summed E-state index contributed by atoms with van der Waals surface area (Å²) >= 11 is 3.40. The van der Waals surface area contributed by atoms with Gasteiger partial charge in [0, 0.05) is 17.8 Å². The summed E-state index contributed by atoms with van der Waals surface area (Å²) in [6.07, 6.45) is 3.64. The third kappa shape index (κ3) is 2.54. The summed E-state index contributed by atoms with van der Waals surface area (Å²) in [7, 11) is 0. The summed E-state index contributed by atoms with van der Waals surface area (Å²) in [5.74, 6) is 0.911. The molecule has 4 heteroatoms. The van der Waals surface area contributed by atoms with Crippen molar-refractivity contribution in [3.05, 3.63) is 41.0 Å². The van der Waals surface area contributed by atoms with Crippen LogP contribution in [-0.2, 0) is 5.75 Å². The van der Waals surface area contributed by atoms with Gasteiger partial charge in [0.15, 0.2) is 0 Å². The van der Waals surface area contributed by atoms with Gasteiger partial charge < -0.3 is 0 Å². The van der Waals surface area contributed by atoms with Crippen LogP contribution in [0.4, 0.5) is 0 Å². The minimum absolute atomic E-state index is 0.911. The SMILES string of the molecule is c1ccc(SCc2nccs2)nc1. The minimum atomic E-state index is 0.911. The number of hydrogen-bond acceptors (Lipinski definition) is 4. The van der Waals surface area contributed by atoms with Crippen molar-refractivity contribution in [3.8, 4) is 0 Å². The van der Waals surface area contributed by atoms with E-state index in [0.29, 0.717) is 0 Å². The number of rotatable bonds is 3. The van der Waals surface area contributed by atoms with Crippen LogP contribution < -0.4 is 0 Å². The molecular formula is C9H8N2S2. The van der Waals surface area contributed by atoms with E-state index in [4.69, 9.17) is 0 Å². The van der Waals surface area contributed by atoms with E-state index in [9.17, 15) is 0 Å². The van der Waals surface area contributed by atoms with E-state index in [0.717, 1.165) is 15.8 Å². The average Bonchev–Trinajstić information content (AvgIpc) is 2.69. The van der Waals surface area contributed by atoms with Crippen molar-refractivity contribution in [1.29, 1.82) is 0 Å². The average molecular weight is 208 g/mol.